The van der Waals surface area contributed by atoms with Crippen LogP contribution in [0.4, 0.5) is 4.39 Å². The highest BCUT2D eigenvalue weighted by Crippen LogP contribution is 2.20. The number of hydrogen-bond donors (Lipinski definition) is 1. The van der Waals surface area contributed by atoms with Crippen molar-refractivity contribution in [1.29, 1.82) is 0 Å². The lowest BCUT2D eigenvalue weighted by molar-refractivity contribution is -0.129. The highest BCUT2D eigenvalue weighted by Gasteiger charge is 2.18. The van der Waals surface area contributed by atoms with Crippen LogP contribution in [0.1, 0.15) is 31.4 Å². The highest BCUT2D eigenvalue weighted by atomic mass is 35.5. The van der Waals surface area contributed by atoms with E-state index in [0.29, 0.717) is 6.54 Å². The van der Waals surface area contributed by atoms with E-state index in [1.807, 2.05) is 11.8 Å². The fraction of sp³-hybridized carbons (Fsp3) is 0.500. The molecule has 1 amide bonds. The van der Waals surface area contributed by atoms with Gasteiger partial charge in [0.25, 0.3) is 0 Å². The van der Waals surface area contributed by atoms with Gasteiger partial charge in [0.05, 0.1) is 11.6 Å². The summed E-state index contributed by atoms with van der Waals surface area (Å²) in [5, 5.41) is 3.26. The van der Waals surface area contributed by atoms with Crippen molar-refractivity contribution in [1.82, 2.24) is 10.2 Å². The van der Waals surface area contributed by atoms with Gasteiger partial charge < -0.3 is 10.2 Å². The van der Waals surface area contributed by atoms with Crippen LogP contribution >= 0.6 is 11.6 Å². The average Bonchev–Trinajstić information content (AvgIpc) is 2.92. The van der Waals surface area contributed by atoms with Crippen LogP contribution in [0.5, 0.6) is 0 Å². The summed E-state index contributed by atoms with van der Waals surface area (Å²) in [6, 6.07) is 4.58. The van der Waals surface area contributed by atoms with Gasteiger partial charge in [0.15, 0.2) is 0 Å². The SMILES string of the molecule is CC(NCC(=O)N1CCCC1)c1ccc(F)c(Cl)c1. The van der Waals surface area contributed by atoms with Crippen molar-refractivity contribution in [3.63, 3.8) is 0 Å². The first-order chi connectivity index (χ1) is 9.08. The summed E-state index contributed by atoms with van der Waals surface area (Å²) in [7, 11) is 0. The van der Waals surface area contributed by atoms with Gasteiger partial charge in [-0.05, 0) is 37.5 Å². The van der Waals surface area contributed by atoms with Crippen LogP contribution in [0.2, 0.25) is 5.02 Å². The lowest BCUT2D eigenvalue weighted by Crippen LogP contribution is -2.37. The molecule has 1 heterocycles. The standard InChI is InChI=1S/C14H18ClFN2O/c1-10(11-4-5-13(16)12(15)8-11)17-9-14(19)18-6-2-3-7-18/h4-5,8,10,17H,2-3,6-7,9H2,1H3. The third kappa shape index (κ3) is 3.67. The predicted octanol–water partition coefficient (Wildman–Crippen LogP) is 2.75. The molecular weight excluding hydrogens is 267 g/mol. The van der Waals surface area contributed by atoms with Gasteiger partial charge in [-0.25, -0.2) is 4.39 Å². The smallest absolute Gasteiger partial charge is 0.236 e. The lowest BCUT2D eigenvalue weighted by atomic mass is 10.1. The molecule has 104 valence electrons. The molecule has 0 aromatic heterocycles. The number of nitrogens with zero attached hydrogens (tertiary/aromatic N) is 1. The zero-order valence-corrected chi connectivity index (χ0v) is 11.7. The Morgan fingerprint density at radius 1 is 1.47 bits per heavy atom. The quantitative estimate of drug-likeness (QED) is 0.922. The molecule has 0 saturated carbocycles. The van der Waals surface area contributed by atoms with Gasteiger partial charge in [-0.3, -0.25) is 4.79 Å². The Hall–Kier alpha value is -1.13. The Kier molecular flexibility index (Phi) is 4.77. The van der Waals surface area contributed by atoms with E-state index >= 15 is 0 Å². The van der Waals surface area contributed by atoms with Crippen molar-refractivity contribution < 1.29 is 9.18 Å². The molecule has 1 fully saturated rings. The topological polar surface area (TPSA) is 32.3 Å². The number of carbonyl (C=O) groups is 1. The number of amides is 1. The van der Waals surface area contributed by atoms with Crippen LogP contribution in [0.25, 0.3) is 0 Å². The van der Waals surface area contributed by atoms with Gasteiger partial charge in [0, 0.05) is 19.1 Å². The van der Waals surface area contributed by atoms with Crippen molar-refractivity contribution in [3.8, 4) is 0 Å². The van der Waals surface area contributed by atoms with E-state index < -0.39 is 5.82 Å². The second-order valence-corrected chi connectivity index (χ2v) is 5.27. The molecule has 3 nitrogen and oxygen atoms in total. The van der Waals surface area contributed by atoms with Gasteiger partial charge in [-0.15, -0.1) is 0 Å². The van der Waals surface area contributed by atoms with Crippen LogP contribution in [0, 0.1) is 5.82 Å². The predicted molar refractivity (Wildman–Crippen MR) is 73.6 cm³/mol. The molecule has 1 atom stereocenters. The average molecular weight is 285 g/mol. The second-order valence-electron chi connectivity index (χ2n) is 4.86. The molecule has 1 aliphatic heterocycles. The lowest BCUT2D eigenvalue weighted by Gasteiger charge is -2.19. The summed E-state index contributed by atoms with van der Waals surface area (Å²) in [6.45, 7) is 3.95. The van der Waals surface area contributed by atoms with E-state index in [9.17, 15) is 9.18 Å². The van der Waals surface area contributed by atoms with E-state index in [4.69, 9.17) is 11.6 Å². The molecule has 0 radical (unpaired) electrons. The number of nitrogens with one attached hydrogen (secondary N) is 1. The minimum Gasteiger partial charge on any atom is -0.342 e. The minimum atomic E-state index is -0.425. The Morgan fingerprint density at radius 3 is 2.79 bits per heavy atom. The van der Waals surface area contributed by atoms with Gasteiger partial charge in [0.1, 0.15) is 5.82 Å². The fourth-order valence-corrected chi connectivity index (χ4v) is 2.41. The largest absolute Gasteiger partial charge is 0.342 e. The number of benzene rings is 1. The molecule has 1 unspecified atom stereocenters. The molecule has 19 heavy (non-hydrogen) atoms. The Balaban J connectivity index is 1.88. The van der Waals surface area contributed by atoms with E-state index in [1.54, 1.807) is 12.1 Å². The first-order valence-electron chi connectivity index (χ1n) is 6.54. The van der Waals surface area contributed by atoms with E-state index in [1.165, 1.54) is 6.07 Å². The molecule has 2 rings (SSSR count). The van der Waals surface area contributed by atoms with E-state index in [2.05, 4.69) is 5.32 Å². The number of carbonyl (C=O) groups excluding carboxylic acids is 1. The van der Waals surface area contributed by atoms with Crippen LogP contribution in [-0.2, 0) is 4.79 Å². The van der Waals surface area contributed by atoms with Crippen LogP contribution in [0.15, 0.2) is 18.2 Å². The van der Waals surface area contributed by atoms with Crippen molar-refractivity contribution in [3.05, 3.63) is 34.6 Å². The van der Waals surface area contributed by atoms with E-state index in [0.717, 1.165) is 31.5 Å². The van der Waals surface area contributed by atoms with Gasteiger partial charge in [0.2, 0.25) is 5.91 Å². The molecule has 1 N–H and O–H groups in total. The number of halogens is 2. The van der Waals surface area contributed by atoms with Crippen LogP contribution in [0.3, 0.4) is 0 Å². The normalized spacial score (nSPS) is 16.7. The summed E-state index contributed by atoms with van der Waals surface area (Å²) in [5.41, 5.74) is 0.876. The van der Waals surface area contributed by atoms with Crippen molar-refractivity contribution in [2.75, 3.05) is 19.6 Å². The van der Waals surface area contributed by atoms with Crippen LogP contribution < -0.4 is 5.32 Å². The molecular formula is C14H18ClFN2O. The highest BCUT2D eigenvalue weighted by molar-refractivity contribution is 6.30. The zero-order chi connectivity index (χ0) is 13.8. The van der Waals surface area contributed by atoms with Crippen LogP contribution in [-0.4, -0.2) is 30.4 Å². The third-order valence-electron chi connectivity index (χ3n) is 3.46. The maximum absolute atomic E-state index is 13.1. The zero-order valence-electron chi connectivity index (χ0n) is 11.0. The molecule has 0 spiro atoms. The molecule has 0 bridgehead atoms. The summed E-state index contributed by atoms with van der Waals surface area (Å²) >= 11 is 5.75. The fourth-order valence-electron chi connectivity index (χ4n) is 2.22. The van der Waals surface area contributed by atoms with E-state index in [-0.39, 0.29) is 17.0 Å². The molecule has 0 aliphatic carbocycles. The third-order valence-corrected chi connectivity index (χ3v) is 3.75. The summed E-state index contributed by atoms with van der Waals surface area (Å²) < 4.78 is 13.1. The Bertz CT molecular complexity index is 461. The maximum atomic E-state index is 13.1. The van der Waals surface area contributed by atoms with Gasteiger partial charge >= 0.3 is 0 Å². The number of likely N-dealkylation sites (tertiary alicyclic amines) is 1. The van der Waals surface area contributed by atoms with Crippen molar-refractivity contribution in [2.45, 2.75) is 25.8 Å². The maximum Gasteiger partial charge on any atom is 0.236 e. The minimum absolute atomic E-state index is 0.0374. The summed E-state index contributed by atoms with van der Waals surface area (Å²) in [4.78, 5) is 13.8. The Labute approximate surface area is 117 Å². The van der Waals surface area contributed by atoms with Gasteiger partial charge in [-0.1, -0.05) is 17.7 Å². The Morgan fingerprint density at radius 2 is 2.16 bits per heavy atom. The summed E-state index contributed by atoms with van der Waals surface area (Å²) in [5.74, 6) is -0.302. The van der Waals surface area contributed by atoms with Gasteiger partial charge in [-0.2, -0.15) is 0 Å². The molecule has 1 saturated heterocycles. The first-order valence-corrected chi connectivity index (χ1v) is 6.92. The summed E-state index contributed by atoms with van der Waals surface area (Å²) in [6.07, 6.45) is 2.18. The molecule has 1 aliphatic rings. The molecule has 5 heteroatoms. The van der Waals surface area contributed by atoms with Crippen molar-refractivity contribution >= 4 is 17.5 Å². The number of rotatable bonds is 4. The monoisotopic (exact) mass is 284 g/mol. The molecule has 1 aromatic rings. The van der Waals surface area contributed by atoms with Crippen molar-refractivity contribution in [2.24, 2.45) is 0 Å². The second kappa shape index (κ2) is 6.35. The molecule has 1 aromatic carbocycles. The first kappa shape index (κ1) is 14.3. The number of hydrogen-bond acceptors (Lipinski definition) is 2.